The minimum Gasteiger partial charge on any atom is -0.377 e. The van der Waals surface area contributed by atoms with Crippen molar-refractivity contribution in [1.82, 2.24) is 15.1 Å². The third-order valence-corrected chi connectivity index (χ3v) is 3.57. The Labute approximate surface area is 114 Å². The van der Waals surface area contributed by atoms with Crippen LogP contribution in [0.3, 0.4) is 0 Å². The third kappa shape index (κ3) is 3.81. The van der Waals surface area contributed by atoms with Gasteiger partial charge in [0.2, 0.25) is 0 Å². The van der Waals surface area contributed by atoms with Crippen LogP contribution in [-0.4, -0.2) is 62.1 Å². The molecule has 0 aromatic heterocycles. The summed E-state index contributed by atoms with van der Waals surface area (Å²) in [6.45, 7) is 6.74. The molecule has 0 bridgehead atoms. The summed E-state index contributed by atoms with van der Waals surface area (Å²) in [5.41, 5.74) is 1.76. The van der Waals surface area contributed by atoms with Gasteiger partial charge in [-0.25, -0.2) is 0 Å². The molecule has 106 valence electrons. The number of hydrogen-bond acceptors (Lipinski definition) is 4. The lowest BCUT2D eigenvalue weighted by Gasteiger charge is -2.33. The van der Waals surface area contributed by atoms with Crippen molar-refractivity contribution in [1.29, 1.82) is 0 Å². The van der Waals surface area contributed by atoms with E-state index in [4.69, 9.17) is 4.74 Å². The van der Waals surface area contributed by atoms with E-state index in [1.165, 1.54) is 0 Å². The molecule has 0 aromatic rings. The maximum absolute atomic E-state index is 12.4. The van der Waals surface area contributed by atoms with E-state index in [2.05, 4.69) is 17.3 Å². The second-order valence-corrected chi connectivity index (χ2v) is 4.98. The van der Waals surface area contributed by atoms with E-state index < -0.39 is 0 Å². The molecule has 1 N–H and O–H groups in total. The number of nitrogens with zero attached hydrogens (tertiary/aromatic N) is 2. The van der Waals surface area contributed by atoms with Crippen molar-refractivity contribution in [3.8, 4) is 0 Å². The highest BCUT2D eigenvalue weighted by Gasteiger charge is 2.22. The normalized spacial score (nSPS) is 22.1. The predicted octanol–water partition coefficient (Wildman–Crippen LogP) is 0.558. The van der Waals surface area contributed by atoms with Crippen LogP contribution in [0.4, 0.5) is 0 Å². The number of carbonyl (C=O) groups excluding carboxylic acids is 1. The second kappa shape index (κ2) is 6.73. The average Bonchev–Trinajstić information content (AvgIpc) is 2.46. The lowest BCUT2D eigenvalue weighted by atomic mass is 10.2. The van der Waals surface area contributed by atoms with Crippen LogP contribution in [0.15, 0.2) is 23.5 Å². The van der Waals surface area contributed by atoms with Gasteiger partial charge in [0.25, 0.3) is 5.91 Å². The van der Waals surface area contributed by atoms with E-state index in [1.54, 1.807) is 0 Å². The molecule has 0 atom stereocenters. The maximum Gasteiger partial charge on any atom is 0.270 e. The predicted molar refractivity (Wildman–Crippen MR) is 74.5 cm³/mol. The summed E-state index contributed by atoms with van der Waals surface area (Å²) in [6.07, 6.45) is 4.70. The fraction of sp³-hybridized carbons (Fsp3) is 0.643. The Morgan fingerprint density at radius 3 is 2.68 bits per heavy atom. The number of amides is 1. The molecule has 1 fully saturated rings. The number of rotatable bonds is 3. The van der Waals surface area contributed by atoms with Crippen molar-refractivity contribution in [2.45, 2.75) is 13.3 Å². The number of piperazine rings is 1. The van der Waals surface area contributed by atoms with Crippen molar-refractivity contribution < 1.29 is 9.53 Å². The van der Waals surface area contributed by atoms with Crippen LogP contribution in [0, 0.1) is 0 Å². The van der Waals surface area contributed by atoms with Gasteiger partial charge in [0, 0.05) is 38.3 Å². The van der Waals surface area contributed by atoms with E-state index >= 15 is 0 Å². The summed E-state index contributed by atoms with van der Waals surface area (Å²) in [4.78, 5) is 16.6. The first-order chi connectivity index (χ1) is 9.20. The van der Waals surface area contributed by atoms with E-state index in [-0.39, 0.29) is 5.91 Å². The number of likely N-dealkylation sites (N-methyl/N-ethyl adjacent to an activating group) is 1. The smallest absolute Gasteiger partial charge is 0.270 e. The summed E-state index contributed by atoms with van der Waals surface area (Å²) in [7, 11) is 2.09. The molecule has 5 heteroatoms. The van der Waals surface area contributed by atoms with Crippen LogP contribution in [0.5, 0.6) is 0 Å². The lowest BCUT2D eigenvalue weighted by molar-refractivity contribution is -0.129. The van der Waals surface area contributed by atoms with Crippen molar-refractivity contribution in [2.75, 3.05) is 46.4 Å². The molecule has 0 aliphatic carbocycles. The highest BCUT2D eigenvalue weighted by atomic mass is 16.5. The Morgan fingerprint density at radius 2 is 2.11 bits per heavy atom. The SMILES string of the molecule is C/C=C(\NC1=CCOCC1)C(=O)N1CCN(C)CC1. The number of ether oxygens (including phenoxy) is 1. The Kier molecular flexibility index (Phi) is 4.99. The number of hydrogen-bond donors (Lipinski definition) is 1. The molecule has 0 saturated carbocycles. The van der Waals surface area contributed by atoms with E-state index in [1.807, 2.05) is 24.0 Å². The van der Waals surface area contributed by atoms with Gasteiger partial charge in [-0.1, -0.05) is 6.08 Å². The Hall–Kier alpha value is -1.33. The highest BCUT2D eigenvalue weighted by molar-refractivity contribution is 5.93. The molecule has 2 heterocycles. The molecule has 1 saturated heterocycles. The van der Waals surface area contributed by atoms with E-state index in [9.17, 15) is 4.79 Å². The third-order valence-electron chi connectivity index (χ3n) is 3.57. The summed E-state index contributed by atoms with van der Waals surface area (Å²) in [6, 6.07) is 0. The number of nitrogens with one attached hydrogen (secondary N) is 1. The van der Waals surface area contributed by atoms with Crippen LogP contribution in [-0.2, 0) is 9.53 Å². The molecule has 1 amide bonds. The van der Waals surface area contributed by atoms with Crippen molar-refractivity contribution in [3.63, 3.8) is 0 Å². The van der Waals surface area contributed by atoms with Gasteiger partial charge in [-0.3, -0.25) is 4.79 Å². The standard InChI is InChI=1S/C14H23N3O2/c1-3-13(15-12-4-10-19-11-5-12)14(18)17-8-6-16(2)7-9-17/h3-4,15H,5-11H2,1-2H3/b13-3-. The van der Waals surface area contributed by atoms with Crippen LogP contribution in [0.2, 0.25) is 0 Å². The summed E-state index contributed by atoms with van der Waals surface area (Å²) >= 11 is 0. The average molecular weight is 265 g/mol. The quantitative estimate of drug-likeness (QED) is 0.757. The molecule has 0 aromatic carbocycles. The van der Waals surface area contributed by atoms with Crippen molar-refractivity contribution >= 4 is 5.91 Å². The first-order valence-corrected chi connectivity index (χ1v) is 6.88. The summed E-state index contributed by atoms with van der Waals surface area (Å²) < 4.78 is 5.27. The molecule has 2 aliphatic heterocycles. The molecular weight excluding hydrogens is 242 g/mol. The summed E-state index contributed by atoms with van der Waals surface area (Å²) in [5, 5.41) is 3.25. The molecule has 2 rings (SSSR count). The Bertz CT molecular complexity index is 382. The molecule has 2 aliphatic rings. The highest BCUT2D eigenvalue weighted by Crippen LogP contribution is 2.10. The minimum absolute atomic E-state index is 0.1000. The number of allylic oxidation sites excluding steroid dienone is 1. The van der Waals surface area contributed by atoms with Gasteiger partial charge in [-0.2, -0.15) is 0 Å². The first-order valence-electron chi connectivity index (χ1n) is 6.88. The van der Waals surface area contributed by atoms with Crippen LogP contribution in [0.1, 0.15) is 13.3 Å². The maximum atomic E-state index is 12.4. The first kappa shape index (κ1) is 14.1. The molecule has 19 heavy (non-hydrogen) atoms. The topological polar surface area (TPSA) is 44.8 Å². The zero-order valence-corrected chi connectivity index (χ0v) is 11.8. The van der Waals surface area contributed by atoms with Crippen molar-refractivity contribution in [2.24, 2.45) is 0 Å². The molecule has 0 radical (unpaired) electrons. The number of carbonyl (C=O) groups is 1. The van der Waals surface area contributed by atoms with E-state index in [0.717, 1.165) is 44.9 Å². The largest absolute Gasteiger partial charge is 0.377 e. The molecule has 0 unspecified atom stereocenters. The van der Waals surface area contributed by atoms with Gasteiger partial charge < -0.3 is 19.9 Å². The Balaban J connectivity index is 1.93. The van der Waals surface area contributed by atoms with Crippen LogP contribution < -0.4 is 5.32 Å². The fourth-order valence-electron chi connectivity index (χ4n) is 2.24. The molecule has 5 nitrogen and oxygen atoms in total. The van der Waals surface area contributed by atoms with Crippen LogP contribution >= 0.6 is 0 Å². The monoisotopic (exact) mass is 265 g/mol. The van der Waals surface area contributed by atoms with Gasteiger partial charge in [0.05, 0.1) is 18.9 Å². The van der Waals surface area contributed by atoms with Crippen molar-refractivity contribution in [3.05, 3.63) is 23.5 Å². The van der Waals surface area contributed by atoms with Gasteiger partial charge in [0.15, 0.2) is 0 Å². The van der Waals surface area contributed by atoms with E-state index in [0.29, 0.717) is 12.3 Å². The molecule has 0 spiro atoms. The zero-order chi connectivity index (χ0) is 13.7. The fourth-order valence-corrected chi connectivity index (χ4v) is 2.24. The van der Waals surface area contributed by atoms with Gasteiger partial charge in [-0.05, 0) is 20.0 Å². The van der Waals surface area contributed by atoms with Crippen LogP contribution in [0.25, 0.3) is 0 Å². The minimum atomic E-state index is 0.1000. The van der Waals surface area contributed by atoms with Gasteiger partial charge in [0.1, 0.15) is 0 Å². The molecular formula is C14H23N3O2. The second-order valence-electron chi connectivity index (χ2n) is 4.98. The van der Waals surface area contributed by atoms with Gasteiger partial charge >= 0.3 is 0 Å². The zero-order valence-electron chi connectivity index (χ0n) is 11.8. The summed E-state index contributed by atoms with van der Waals surface area (Å²) in [5.74, 6) is 0.1000. The lowest BCUT2D eigenvalue weighted by Crippen LogP contribution is -2.48. The Morgan fingerprint density at radius 1 is 1.37 bits per heavy atom. The van der Waals surface area contributed by atoms with Gasteiger partial charge in [-0.15, -0.1) is 0 Å².